The number of benzene rings is 12. The van der Waals surface area contributed by atoms with Crippen molar-refractivity contribution < 1.29 is 120 Å². The molecule has 0 fully saturated rings. The smallest absolute Gasteiger partial charge is 0.123 e. The second-order valence-electron chi connectivity index (χ2n) is 30.1. The fraction of sp³-hybridized carbons (Fsp3) is 0.130. The summed E-state index contributed by atoms with van der Waals surface area (Å²) < 4.78 is 344. The van der Waals surface area contributed by atoms with Crippen LogP contribution in [0.4, 0.5) is 105 Å². The van der Waals surface area contributed by atoms with Crippen molar-refractivity contribution in [3.05, 3.63) is 403 Å². The Morgan fingerprint density at radius 3 is 0.300 bits per heavy atom. The zero-order valence-electron chi connectivity index (χ0n) is 64.9. The van der Waals surface area contributed by atoms with Crippen LogP contribution in [0, 0.1) is 140 Å². The summed E-state index contributed by atoms with van der Waals surface area (Å²) in [6, 6.07) is 24.7. The summed E-state index contributed by atoms with van der Waals surface area (Å²) in [4.78, 5) is 0. The SMILES string of the molecule is CC1=C(C)[C](C)([Fe+3][C]2(C)C(C)=C(C)C(C)=C2C)C(C)=C1C.Fc1cc(F)cc([B-](c2cc(F)cc(F)c2)(c2cc(F)cc(F)c2)c2cc(F)cc(F)c2)c1.Fc1cc(F)cc([B-](c2cc(F)cc(F)c2)(c2cc(F)cc(F)c2)c2cc(F)cc(F)c2)c1.Fc1cc(F)cc([B-](c2cc(F)cc(F)c2)(c2cc(F)cc(F)c2)c2cc(F)cc(F)c2)c1. The van der Waals surface area contributed by atoms with Crippen LogP contribution in [0.1, 0.15) is 69.2 Å². The van der Waals surface area contributed by atoms with Crippen LogP contribution in [0.5, 0.6) is 0 Å². The Morgan fingerprint density at radius 2 is 0.225 bits per heavy atom. The van der Waals surface area contributed by atoms with E-state index < -0.39 is 158 Å². The van der Waals surface area contributed by atoms with Crippen molar-refractivity contribution in [2.45, 2.75) is 77.9 Å². The topological polar surface area (TPSA) is 0 Å². The van der Waals surface area contributed by atoms with E-state index in [9.17, 15) is 105 Å². The molecule has 0 heterocycles. The van der Waals surface area contributed by atoms with E-state index in [0.717, 1.165) is 146 Å². The molecule has 0 aliphatic heterocycles. The number of halogens is 24. The quantitative estimate of drug-likeness (QED) is 0.0752. The van der Waals surface area contributed by atoms with E-state index in [4.69, 9.17) is 0 Å². The molecule has 0 radical (unpaired) electrons. The van der Waals surface area contributed by atoms with Gasteiger partial charge in [0.05, 0.1) is 0 Å². The Kier molecular flexibility index (Phi) is 25.9. The number of allylic oxidation sites excluding steroid dienone is 8. The van der Waals surface area contributed by atoms with Gasteiger partial charge in [-0.3, -0.25) is 0 Å². The molecule has 120 heavy (non-hydrogen) atoms. The number of hydrogen-bond acceptors (Lipinski definition) is 0. The molecule has 0 saturated heterocycles. The predicted molar refractivity (Wildman–Crippen MR) is 419 cm³/mol. The normalized spacial score (nSPS) is 13.9. The van der Waals surface area contributed by atoms with E-state index >= 15 is 0 Å². The molecule has 0 nitrogen and oxygen atoms in total. The van der Waals surface area contributed by atoms with E-state index in [-0.39, 0.29) is 74.2 Å². The van der Waals surface area contributed by atoms with Crippen molar-refractivity contribution in [3.63, 3.8) is 0 Å². The fourth-order valence-corrected chi connectivity index (χ4v) is 19.8. The van der Waals surface area contributed by atoms with Crippen molar-refractivity contribution in [3.8, 4) is 0 Å². The average Bonchev–Trinajstić information content (AvgIpc) is 1.06. The minimum atomic E-state index is -3.29. The van der Waals surface area contributed by atoms with Crippen molar-refractivity contribution in [1.29, 1.82) is 0 Å². The predicted octanol–water partition coefficient (Wildman–Crippen LogP) is 19.3. The molecular weight excluding hydrogens is 1650 g/mol. The van der Waals surface area contributed by atoms with Crippen LogP contribution >= 0.6 is 0 Å². The van der Waals surface area contributed by atoms with Gasteiger partial charge in [-0.25, -0.2) is 105 Å². The van der Waals surface area contributed by atoms with Gasteiger partial charge in [-0.05, 0) is 0 Å². The molecule has 0 aromatic heterocycles. The van der Waals surface area contributed by atoms with Crippen LogP contribution in [-0.4, -0.2) is 18.4 Å². The molecule has 2 aliphatic carbocycles. The van der Waals surface area contributed by atoms with E-state index in [1.807, 2.05) is 0 Å². The summed E-state index contributed by atoms with van der Waals surface area (Å²) in [5, 5.41) is 0. The van der Waals surface area contributed by atoms with E-state index in [1.54, 1.807) is 22.3 Å². The maximum atomic E-state index is 14.3. The van der Waals surface area contributed by atoms with Gasteiger partial charge in [0.1, 0.15) is 158 Å². The Balaban J connectivity index is 0.000000159. The molecule has 0 atom stereocenters. The number of hydrogen-bond donors (Lipinski definition) is 0. The van der Waals surface area contributed by atoms with E-state index in [2.05, 4.69) is 69.2 Å². The second kappa shape index (κ2) is 34.8. The molecule has 0 bridgehead atoms. The first-order valence-electron chi connectivity index (χ1n) is 36.6. The van der Waals surface area contributed by atoms with Crippen LogP contribution < -0.4 is 65.6 Å². The van der Waals surface area contributed by atoms with Gasteiger partial charge < -0.3 is 0 Å². The van der Waals surface area contributed by atoms with Gasteiger partial charge in [-0.1, -0.05) is 146 Å². The maximum absolute atomic E-state index is 14.3. The molecule has 12 aromatic rings. The van der Waals surface area contributed by atoms with Crippen molar-refractivity contribution in [2.75, 3.05) is 0 Å². The molecule has 0 unspecified atom stereocenters. The van der Waals surface area contributed by atoms with E-state index in [1.165, 1.54) is 37.2 Å². The van der Waals surface area contributed by atoms with Crippen LogP contribution in [0.2, 0.25) is 8.63 Å². The monoisotopic (exact) mass is 1720 g/mol. The second-order valence-corrected chi connectivity index (χ2v) is 32.6. The first kappa shape index (κ1) is 89.4. The van der Waals surface area contributed by atoms with Gasteiger partial charge in [0.25, 0.3) is 0 Å². The third kappa shape index (κ3) is 17.8. The summed E-state index contributed by atoms with van der Waals surface area (Å²) >= 11 is 1.19. The first-order chi connectivity index (χ1) is 56.2. The average molecular weight is 1720 g/mol. The van der Waals surface area contributed by atoms with Gasteiger partial charge in [-0.15, -0.1) is 0 Å². The third-order valence-corrected chi connectivity index (χ3v) is 25.9. The molecule has 619 valence electrons. The molecule has 14 rings (SSSR count). The van der Waals surface area contributed by atoms with Gasteiger partial charge in [0.15, 0.2) is 0 Å². The summed E-state index contributed by atoms with van der Waals surface area (Å²) in [6.07, 6.45) is -9.87. The van der Waals surface area contributed by atoms with Gasteiger partial charge in [0.2, 0.25) is 0 Å². The fourth-order valence-electron chi connectivity index (χ4n) is 17.1. The summed E-state index contributed by atoms with van der Waals surface area (Å²) in [6.45, 7) is 23.4. The summed E-state index contributed by atoms with van der Waals surface area (Å²) in [5.74, 6) is -27.0. The Bertz CT molecular complexity index is 4730. The minimum Gasteiger partial charge on any atom is -0.207 e. The van der Waals surface area contributed by atoms with Crippen LogP contribution in [0.3, 0.4) is 0 Å². The van der Waals surface area contributed by atoms with E-state index in [0.29, 0.717) is 72.8 Å². The largest absolute Gasteiger partial charge is 0.207 e. The molecule has 12 aromatic carbocycles. The molecular formula is C92H66B3F24Fe. The molecule has 0 N–H and O–H groups in total. The molecule has 0 spiro atoms. The third-order valence-electron chi connectivity index (χ3n) is 23.1. The maximum Gasteiger partial charge on any atom is 0.123 e. The van der Waals surface area contributed by atoms with Crippen LogP contribution in [0.15, 0.2) is 263 Å². The zero-order valence-corrected chi connectivity index (χ0v) is 66.0. The Hall–Kier alpha value is -11.4. The van der Waals surface area contributed by atoms with Gasteiger partial charge in [0, 0.05) is 72.8 Å². The first-order valence-corrected chi connectivity index (χ1v) is 37.7. The molecule has 0 saturated carbocycles. The molecule has 0 amide bonds. The molecule has 2 aliphatic rings. The number of rotatable bonds is 14. The Labute approximate surface area is 681 Å². The van der Waals surface area contributed by atoms with Crippen molar-refractivity contribution in [1.82, 2.24) is 0 Å². The summed E-state index contributed by atoms with van der Waals surface area (Å²) in [5.41, 5.74) is 8.06. The van der Waals surface area contributed by atoms with Crippen LogP contribution in [0.25, 0.3) is 0 Å². The molecule has 28 heteroatoms. The van der Waals surface area contributed by atoms with Gasteiger partial charge >= 0.3 is 137 Å². The van der Waals surface area contributed by atoms with Crippen LogP contribution in [-0.2, 0) is 15.0 Å². The zero-order chi connectivity index (χ0) is 88.1. The minimum absolute atomic E-state index is 0.205. The van der Waals surface area contributed by atoms with Crippen molar-refractivity contribution >= 4 is 84.0 Å². The summed E-state index contributed by atoms with van der Waals surface area (Å²) in [7, 11) is 0. The standard InChI is InChI=1S/3C24H12BF8.2C10H15.Fe/c3*26-17-1-13(2-18(27)9-17)25(14-3-19(28)10-20(29)4-14,15-5-21(30)11-22(31)6-15)16-7-23(32)12-24(33)8-16;2*1-6-7(2)9(4)10(5)8(6)3;/h3*1-12H;2*1-5H3;/q3*-1;;;+3. The Morgan fingerprint density at radius 1 is 0.150 bits per heavy atom. The van der Waals surface area contributed by atoms with Gasteiger partial charge in [-0.2, -0.15) is 65.6 Å². The van der Waals surface area contributed by atoms with Crippen molar-refractivity contribution in [2.24, 2.45) is 0 Å².